The van der Waals surface area contributed by atoms with Crippen molar-refractivity contribution < 1.29 is 9.53 Å². The van der Waals surface area contributed by atoms with Crippen LogP contribution < -0.4 is 10.6 Å². The summed E-state index contributed by atoms with van der Waals surface area (Å²) in [5.74, 6) is 0. The highest BCUT2D eigenvalue weighted by Crippen LogP contribution is 2.20. The molecule has 18 heavy (non-hydrogen) atoms. The minimum Gasteiger partial charge on any atom is -0.444 e. The third-order valence-corrected chi connectivity index (χ3v) is 2.84. The van der Waals surface area contributed by atoms with Crippen LogP contribution >= 0.6 is 0 Å². The van der Waals surface area contributed by atoms with Crippen molar-refractivity contribution in [2.75, 3.05) is 6.54 Å². The van der Waals surface area contributed by atoms with Gasteiger partial charge in [-0.25, -0.2) is 4.79 Å². The van der Waals surface area contributed by atoms with Crippen molar-refractivity contribution >= 4 is 6.09 Å². The molecule has 1 aliphatic carbocycles. The predicted molar refractivity (Wildman–Crippen MR) is 73.6 cm³/mol. The molecule has 0 aromatic rings. The minimum atomic E-state index is -0.419. The number of hydrogen-bond acceptors (Lipinski definition) is 3. The Labute approximate surface area is 110 Å². The number of allylic oxidation sites excluding steroid dienone is 1. The van der Waals surface area contributed by atoms with Crippen LogP contribution in [0.1, 0.15) is 47.0 Å². The summed E-state index contributed by atoms with van der Waals surface area (Å²) in [7, 11) is 0. The van der Waals surface area contributed by atoms with E-state index in [2.05, 4.69) is 22.8 Å². The Hall–Kier alpha value is -1.03. The summed E-state index contributed by atoms with van der Waals surface area (Å²) in [6.45, 7) is 8.66. The Morgan fingerprint density at radius 1 is 1.33 bits per heavy atom. The normalized spacial score (nSPS) is 23.8. The SMILES string of the molecule is C/C=C/CCNC1CC(NC(=O)OC(C)(C)C)C1. The topological polar surface area (TPSA) is 50.4 Å². The average molecular weight is 254 g/mol. The van der Waals surface area contributed by atoms with E-state index in [9.17, 15) is 4.79 Å². The van der Waals surface area contributed by atoms with Gasteiger partial charge in [-0.05, 0) is 53.5 Å². The van der Waals surface area contributed by atoms with Crippen LogP contribution in [-0.4, -0.2) is 30.3 Å². The van der Waals surface area contributed by atoms with Crippen LogP contribution in [0.25, 0.3) is 0 Å². The maximum Gasteiger partial charge on any atom is 0.407 e. The van der Waals surface area contributed by atoms with Gasteiger partial charge in [-0.1, -0.05) is 12.2 Å². The number of hydrogen-bond donors (Lipinski definition) is 2. The fourth-order valence-electron chi connectivity index (χ4n) is 1.91. The summed E-state index contributed by atoms with van der Waals surface area (Å²) in [4.78, 5) is 11.5. The number of carbonyl (C=O) groups excluding carboxylic acids is 1. The molecule has 0 atom stereocenters. The summed E-state index contributed by atoms with van der Waals surface area (Å²) in [5, 5.41) is 6.35. The van der Waals surface area contributed by atoms with Gasteiger partial charge in [-0.2, -0.15) is 0 Å². The largest absolute Gasteiger partial charge is 0.444 e. The van der Waals surface area contributed by atoms with E-state index >= 15 is 0 Å². The first-order chi connectivity index (χ1) is 8.40. The molecule has 104 valence electrons. The Bertz CT molecular complexity index is 289. The van der Waals surface area contributed by atoms with Gasteiger partial charge >= 0.3 is 6.09 Å². The van der Waals surface area contributed by atoms with E-state index in [0.29, 0.717) is 6.04 Å². The van der Waals surface area contributed by atoms with E-state index in [1.165, 1.54) is 0 Å². The van der Waals surface area contributed by atoms with Crippen LogP contribution in [0.2, 0.25) is 0 Å². The van der Waals surface area contributed by atoms with Crippen LogP contribution in [0, 0.1) is 0 Å². The zero-order valence-electron chi connectivity index (χ0n) is 12.0. The summed E-state index contributed by atoms with van der Waals surface area (Å²) in [5.41, 5.74) is -0.419. The zero-order chi connectivity index (χ0) is 13.6. The maximum atomic E-state index is 11.5. The second-order valence-corrected chi connectivity index (χ2v) is 5.82. The molecule has 4 heteroatoms. The Morgan fingerprint density at radius 2 is 2.00 bits per heavy atom. The van der Waals surface area contributed by atoms with E-state index in [0.717, 1.165) is 25.8 Å². The van der Waals surface area contributed by atoms with Gasteiger partial charge < -0.3 is 15.4 Å². The van der Waals surface area contributed by atoms with Crippen molar-refractivity contribution in [1.82, 2.24) is 10.6 Å². The van der Waals surface area contributed by atoms with Gasteiger partial charge in [0.25, 0.3) is 0 Å². The Morgan fingerprint density at radius 3 is 2.56 bits per heavy atom. The molecule has 4 nitrogen and oxygen atoms in total. The smallest absolute Gasteiger partial charge is 0.407 e. The van der Waals surface area contributed by atoms with E-state index in [1.54, 1.807) is 0 Å². The second kappa shape index (κ2) is 6.78. The number of carbonyl (C=O) groups is 1. The molecule has 1 fully saturated rings. The number of ether oxygens (including phenoxy) is 1. The highest BCUT2D eigenvalue weighted by atomic mass is 16.6. The lowest BCUT2D eigenvalue weighted by molar-refractivity contribution is 0.0465. The fourth-order valence-corrected chi connectivity index (χ4v) is 1.91. The van der Waals surface area contributed by atoms with Crippen molar-refractivity contribution in [1.29, 1.82) is 0 Å². The molecule has 0 aliphatic heterocycles. The van der Waals surface area contributed by atoms with Crippen LogP contribution in [0.15, 0.2) is 12.2 Å². The van der Waals surface area contributed by atoms with Crippen LogP contribution in [0.3, 0.4) is 0 Å². The first kappa shape index (κ1) is 15.0. The molecule has 1 amide bonds. The molecule has 0 unspecified atom stereocenters. The first-order valence-corrected chi connectivity index (χ1v) is 6.75. The fraction of sp³-hybridized carbons (Fsp3) is 0.786. The van der Waals surface area contributed by atoms with Crippen molar-refractivity contribution in [3.05, 3.63) is 12.2 Å². The molecule has 0 bridgehead atoms. The van der Waals surface area contributed by atoms with Crippen molar-refractivity contribution in [2.24, 2.45) is 0 Å². The number of nitrogens with one attached hydrogen (secondary N) is 2. The summed E-state index contributed by atoms with van der Waals surface area (Å²) in [6.07, 6.45) is 6.97. The van der Waals surface area contributed by atoms with Gasteiger partial charge in [0, 0.05) is 12.1 Å². The summed E-state index contributed by atoms with van der Waals surface area (Å²) >= 11 is 0. The lowest BCUT2D eigenvalue weighted by atomic mass is 9.87. The molecular formula is C14H26N2O2. The van der Waals surface area contributed by atoms with Gasteiger partial charge in [0.15, 0.2) is 0 Å². The lowest BCUT2D eigenvalue weighted by Gasteiger charge is -2.36. The molecule has 1 rings (SSSR count). The molecule has 0 radical (unpaired) electrons. The molecule has 0 spiro atoms. The third kappa shape index (κ3) is 6.05. The Kier molecular flexibility index (Phi) is 5.66. The predicted octanol–water partition coefficient (Wildman–Crippen LogP) is 2.60. The van der Waals surface area contributed by atoms with E-state index < -0.39 is 5.60 Å². The Balaban J connectivity index is 2.06. The van der Waals surface area contributed by atoms with Gasteiger partial charge in [0.1, 0.15) is 5.60 Å². The summed E-state index contributed by atoms with van der Waals surface area (Å²) < 4.78 is 5.21. The molecule has 0 aromatic heterocycles. The molecule has 1 saturated carbocycles. The number of alkyl carbamates (subject to hydrolysis) is 1. The molecular weight excluding hydrogens is 228 g/mol. The number of rotatable bonds is 5. The van der Waals surface area contributed by atoms with E-state index in [-0.39, 0.29) is 12.1 Å². The zero-order valence-corrected chi connectivity index (χ0v) is 12.0. The molecule has 0 aromatic carbocycles. The van der Waals surface area contributed by atoms with Gasteiger partial charge in [0.05, 0.1) is 0 Å². The maximum absolute atomic E-state index is 11.5. The van der Waals surface area contributed by atoms with Crippen molar-refractivity contribution in [3.8, 4) is 0 Å². The molecule has 0 heterocycles. The van der Waals surface area contributed by atoms with E-state index in [4.69, 9.17) is 4.74 Å². The molecule has 0 saturated heterocycles. The van der Waals surface area contributed by atoms with E-state index in [1.807, 2.05) is 27.7 Å². The van der Waals surface area contributed by atoms with Crippen LogP contribution in [0.4, 0.5) is 4.79 Å². The highest BCUT2D eigenvalue weighted by Gasteiger charge is 2.30. The van der Waals surface area contributed by atoms with Crippen molar-refractivity contribution in [2.45, 2.75) is 64.6 Å². The number of amides is 1. The van der Waals surface area contributed by atoms with Gasteiger partial charge in [-0.3, -0.25) is 0 Å². The van der Waals surface area contributed by atoms with Crippen molar-refractivity contribution in [3.63, 3.8) is 0 Å². The third-order valence-electron chi connectivity index (χ3n) is 2.84. The van der Waals surface area contributed by atoms with Crippen LogP contribution in [0.5, 0.6) is 0 Å². The van der Waals surface area contributed by atoms with Gasteiger partial charge in [0.2, 0.25) is 0 Å². The standard InChI is InChI=1S/C14H26N2O2/c1-5-6-7-8-15-11-9-12(10-11)16-13(17)18-14(2,3)4/h5-6,11-12,15H,7-10H2,1-4H3,(H,16,17)/b6-5+. The molecule has 2 N–H and O–H groups in total. The van der Waals surface area contributed by atoms with Gasteiger partial charge in [-0.15, -0.1) is 0 Å². The molecule has 1 aliphatic rings. The first-order valence-electron chi connectivity index (χ1n) is 6.75. The minimum absolute atomic E-state index is 0.263. The highest BCUT2D eigenvalue weighted by molar-refractivity contribution is 5.68. The monoisotopic (exact) mass is 254 g/mol. The average Bonchev–Trinajstić information content (AvgIpc) is 2.17. The van der Waals surface area contributed by atoms with Crippen LogP contribution in [-0.2, 0) is 4.74 Å². The summed E-state index contributed by atoms with van der Waals surface area (Å²) in [6, 6.07) is 0.800. The second-order valence-electron chi connectivity index (χ2n) is 5.82. The quantitative estimate of drug-likeness (QED) is 0.585. The lowest BCUT2D eigenvalue weighted by Crippen LogP contribution is -2.53.